The van der Waals surface area contributed by atoms with Crippen molar-refractivity contribution in [3.05, 3.63) is 34.9 Å². The molecule has 0 aliphatic carbocycles. The lowest BCUT2D eigenvalue weighted by Crippen LogP contribution is -2.48. The summed E-state index contributed by atoms with van der Waals surface area (Å²) in [6.45, 7) is 4.23. The van der Waals surface area contributed by atoms with E-state index in [0.717, 1.165) is 37.3 Å². The fourth-order valence-electron chi connectivity index (χ4n) is 3.18. The van der Waals surface area contributed by atoms with Crippen LogP contribution in [0.15, 0.2) is 24.3 Å². The van der Waals surface area contributed by atoms with Gasteiger partial charge in [0.15, 0.2) is 17.0 Å². The van der Waals surface area contributed by atoms with Crippen LogP contribution in [-0.4, -0.2) is 43.6 Å². The number of benzene rings is 1. The number of anilines is 2. The molecule has 8 nitrogen and oxygen atoms in total. The Hall–Kier alpha value is -2.45. The average Bonchev–Trinajstić information content (AvgIpc) is 2.99. The first-order valence-corrected chi connectivity index (χ1v) is 8.94. The quantitative estimate of drug-likeness (QED) is 0.721. The van der Waals surface area contributed by atoms with Gasteiger partial charge in [-0.15, -0.1) is 5.10 Å². The molecule has 136 valence electrons. The van der Waals surface area contributed by atoms with Gasteiger partial charge in [-0.05, 0) is 37.5 Å². The molecule has 2 aromatic heterocycles. The zero-order valence-corrected chi connectivity index (χ0v) is 15.3. The summed E-state index contributed by atoms with van der Waals surface area (Å²) >= 11 is 5.95. The number of nitrogens with two attached hydrogens (primary N) is 2. The Morgan fingerprint density at radius 1 is 1.15 bits per heavy atom. The van der Waals surface area contributed by atoms with Crippen LogP contribution in [0.2, 0.25) is 5.02 Å². The van der Waals surface area contributed by atoms with Crippen molar-refractivity contribution >= 4 is 34.5 Å². The van der Waals surface area contributed by atoms with Crippen LogP contribution < -0.4 is 16.4 Å². The number of nitrogens with zero attached hydrogens (tertiary/aromatic N) is 6. The Morgan fingerprint density at radius 3 is 2.54 bits per heavy atom. The number of hydrogen-bond donors (Lipinski definition) is 2. The second kappa shape index (κ2) is 6.37. The van der Waals surface area contributed by atoms with Gasteiger partial charge in [0.1, 0.15) is 0 Å². The summed E-state index contributed by atoms with van der Waals surface area (Å²) < 4.78 is 1.73. The molecule has 4 rings (SSSR count). The Kier molecular flexibility index (Phi) is 4.16. The monoisotopic (exact) mass is 372 g/mol. The van der Waals surface area contributed by atoms with E-state index < -0.39 is 0 Å². The molecule has 0 saturated carbocycles. The lowest BCUT2D eigenvalue weighted by atomic mass is 9.91. The van der Waals surface area contributed by atoms with Crippen molar-refractivity contribution < 1.29 is 0 Å². The third-order valence-electron chi connectivity index (χ3n) is 4.81. The fourth-order valence-corrected chi connectivity index (χ4v) is 3.30. The minimum absolute atomic E-state index is 0.139. The average molecular weight is 373 g/mol. The molecule has 0 atom stereocenters. The first-order valence-electron chi connectivity index (χ1n) is 8.56. The topological polar surface area (TPSA) is 112 Å². The smallest absolute Gasteiger partial charge is 0.224 e. The number of rotatable bonds is 3. The first-order chi connectivity index (χ1) is 12.4. The summed E-state index contributed by atoms with van der Waals surface area (Å²) in [7, 11) is 0. The lowest BCUT2D eigenvalue weighted by Gasteiger charge is -2.37. The summed E-state index contributed by atoms with van der Waals surface area (Å²) in [4.78, 5) is 10.9. The van der Waals surface area contributed by atoms with E-state index in [1.54, 1.807) is 4.68 Å². The summed E-state index contributed by atoms with van der Waals surface area (Å²) in [5.41, 5.74) is 14.4. The van der Waals surface area contributed by atoms with E-state index in [1.807, 2.05) is 24.3 Å². The van der Waals surface area contributed by atoms with E-state index in [1.165, 1.54) is 0 Å². The van der Waals surface area contributed by atoms with E-state index in [4.69, 9.17) is 23.1 Å². The molecule has 3 aromatic rings. The highest BCUT2D eigenvalue weighted by molar-refractivity contribution is 6.30. The Balaban J connectivity index is 1.68. The predicted molar refractivity (Wildman–Crippen MR) is 102 cm³/mol. The Morgan fingerprint density at radius 2 is 1.85 bits per heavy atom. The molecule has 0 radical (unpaired) electrons. The van der Waals surface area contributed by atoms with Crippen LogP contribution in [0.5, 0.6) is 0 Å². The minimum Gasteiger partial charge on any atom is -0.368 e. The van der Waals surface area contributed by atoms with Gasteiger partial charge in [0, 0.05) is 23.7 Å². The standard InChI is InChI=1S/C17H21ClN8/c1-17(20)6-8-25(9-7-17)14-13-15(22-16(19)21-14)26(24-23-13)10-11-2-4-12(18)5-3-11/h2-5H,6-10,20H2,1H3,(H2,19,21,22). The van der Waals surface area contributed by atoms with Crippen molar-refractivity contribution in [2.75, 3.05) is 23.7 Å². The second-order valence-corrected chi connectivity index (χ2v) is 7.53. The molecule has 1 fully saturated rings. The van der Waals surface area contributed by atoms with Gasteiger partial charge in [-0.1, -0.05) is 28.9 Å². The van der Waals surface area contributed by atoms with Gasteiger partial charge >= 0.3 is 0 Å². The maximum Gasteiger partial charge on any atom is 0.224 e. The molecule has 1 aliphatic heterocycles. The van der Waals surface area contributed by atoms with E-state index >= 15 is 0 Å². The van der Waals surface area contributed by atoms with E-state index in [-0.39, 0.29) is 11.5 Å². The van der Waals surface area contributed by atoms with Crippen molar-refractivity contribution in [2.45, 2.75) is 31.8 Å². The van der Waals surface area contributed by atoms with Crippen molar-refractivity contribution in [3.8, 4) is 0 Å². The van der Waals surface area contributed by atoms with E-state index in [9.17, 15) is 0 Å². The van der Waals surface area contributed by atoms with E-state index in [2.05, 4.69) is 32.1 Å². The number of aromatic nitrogens is 5. The molecule has 9 heteroatoms. The number of halogens is 1. The third kappa shape index (κ3) is 3.30. The predicted octanol–water partition coefficient (Wildman–Crippen LogP) is 1.82. The van der Waals surface area contributed by atoms with Crippen LogP contribution in [0.4, 0.5) is 11.8 Å². The molecule has 1 saturated heterocycles. The van der Waals surface area contributed by atoms with Gasteiger partial charge in [-0.2, -0.15) is 9.97 Å². The van der Waals surface area contributed by atoms with Crippen LogP contribution in [0.25, 0.3) is 11.2 Å². The lowest BCUT2D eigenvalue weighted by molar-refractivity contribution is 0.363. The van der Waals surface area contributed by atoms with Crippen LogP contribution in [0, 0.1) is 0 Å². The first kappa shape index (κ1) is 17.0. The molecular formula is C17H21ClN8. The molecule has 0 amide bonds. The van der Waals surface area contributed by atoms with Crippen LogP contribution in [-0.2, 0) is 6.54 Å². The van der Waals surface area contributed by atoms with Crippen molar-refractivity contribution in [3.63, 3.8) is 0 Å². The van der Waals surface area contributed by atoms with Gasteiger partial charge < -0.3 is 16.4 Å². The fraction of sp³-hybridized carbons (Fsp3) is 0.412. The number of fused-ring (bicyclic) bond motifs is 1. The highest BCUT2D eigenvalue weighted by Gasteiger charge is 2.28. The maximum absolute atomic E-state index is 6.24. The summed E-state index contributed by atoms with van der Waals surface area (Å²) in [6.07, 6.45) is 1.77. The number of piperidine rings is 1. The molecule has 0 unspecified atom stereocenters. The van der Waals surface area contributed by atoms with Gasteiger partial charge in [0.05, 0.1) is 6.54 Å². The van der Waals surface area contributed by atoms with Gasteiger partial charge in [0.2, 0.25) is 5.95 Å². The molecular weight excluding hydrogens is 352 g/mol. The zero-order chi connectivity index (χ0) is 18.3. The van der Waals surface area contributed by atoms with Crippen molar-refractivity contribution in [2.24, 2.45) is 5.73 Å². The SMILES string of the molecule is CC1(N)CCN(c2nc(N)nc3c2nnn3Cc2ccc(Cl)cc2)CC1. The van der Waals surface area contributed by atoms with Gasteiger partial charge in [-0.3, -0.25) is 0 Å². The molecule has 4 N–H and O–H groups in total. The summed E-state index contributed by atoms with van der Waals surface area (Å²) in [6, 6.07) is 7.60. The molecule has 0 bridgehead atoms. The van der Waals surface area contributed by atoms with Crippen molar-refractivity contribution in [1.82, 2.24) is 25.0 Å². The molecule has 1 aromatic carbocycles. The van der Waals surface area contributed by atoms with Gasteiger partial charge in [0.25, 0.3) is 0 Å². The maximum atomic E-state index is 6.24. The highest BCUT2D eigenvalue weighted by Crippen LogP contribution is 2.28. The molecule has 1 aliphatic rings. The third-order valence-corrected chi connectivity index (χ3v) is 5.06. The van der Waals surface area contributed by atoms with Crippen molar-refractivity contribution in [1.29, 1.82) is 0 Å². The Bertz CT molecular complexity index is 924. The molecule has 0 spiro atoms. The van der Waals surface area contributed by atoms with Crippen LogP contribution in [0.3, 0.4) is 0 Å². The normalized spacial score (nSPS) is 17.0. The molecule has 3 heterocycles. The highest BCUT2D eigenvalue weighted by atomic mass is 35.5. The number of hydrogen-bond acceptors (Lipinski definition) is 7. The van der Waals surface area contributed by atoms with Crippen LogP contribution >= 0.6 is 11.6 Å². The van der Waals surface area contributed by atoms with Gasteiger partial charge in [-0.25, -0.2) is 4.68 Å². The summed E-state index contributed by atoms with van der Waals surface area (Å²) in [5, 5.41) is 9.28. The molecule has 26 heavy (non-hydrogen) atoms. The van der Waals surface area contributed by atoms with E-state index in [0.29, 0.717) is 22.7 Å². The second-order valence-electron chi connectivity index (χ2n) is 7.09. The minimum atomic E-state index is -0.139. The number of nitrogen functional groups attached to an aromatic ring is 1. The largest absolute Gasteiger partial charge is 0.368 e. The summed E-state index contributed by atoms with van der Waals surface area (Å²) in [5.74, 6) is 0.943. The Labute approximate surface area is 156 Å². The van der Waals surface area contributed by atoms with Crippen LogP contribution in [0.1, 0.15) is 25.3 Å². The zero-order valence-electron chi connectivity index (χ0n) is 14.6.